The predicted molar refractivity (Wildman–Crippen MR) is 68.7 cm³/mol. The lowest BCUT2D eigenvalue weighted by molar-refractivity contribution is 0.0622. The van der Waals surface area contributed by atoms with Crippen LogP contribution in [0.25, 0.3) is 5.65 Å². The van der Waals surface area contributed by atoms with E-state index in [0.29, 0.717) is 5.92 Å². The molecule has 0 spiro atoms. The first-order chi connectivity index (χ1) is 8.79. The van der Waals surface area contributed by atoms with Gasteiger partial charge in [-0.25, -0.2) is 9.50 Å². The molecule has 0 aromatic carbocycles. The first-order valence-electron chi connectivity index (χ1n) is 6.33. The average Bonchev–Trinajstić information content (AvgIpc) is 2.84. The largest absolute Gasteiger partial charge is 0.379 e. The minimum absolute atomic E-state index is 0.235. The van der Waals surface area contributed by atoms with E-state index < -0.39 is 0 Å². The molecule has 1 aliphatic heterocycles. The molecule has 0 bridgehead atoms. The summed E-state index contributed by atoms with van der Waals surface area (Å²) in [6, 6.07) is 2.09. The minimum atomic E-state index is 0.235. The summed E-state index contributed by atoms with van der Waals surface area (Å²) < 4.78 is 7.44. The molecular weight excluding hydrogens is 228 g/mol. The number of fused-ring (bicyclic) bond motifs is 1. The van der Waals surface area contributed by atoms with E-state index in [1.54, 1.807) is 13.4 Å². The normalized spacial score (nSPS) is 24.6. The fourth-order valence-corrected chi connectivity index (χ4v) is 2.79. The zero-order valence-corrected chi connectivity index (χ0v) is 10.8. The Kier molecular flexibility index (Phi) is 3.01. The number of rotatable bonds is 2. The van der Waals surface area contributed by atoms with E-state index in [1.165, 1.54) is 11.1 Å². The van der Waals surface area contributed by atoms with E-state index in [1.807, 2.05) is 4.52 Å². The van der Waals surface area contributed by atoms with Gasteiger partial charge in [-0.3, -0.25) is 0 Å². The van der Waals surface area contributed by atoms with Crippen molar-refractivity contribution < 1.29 is 4.74 Å². The van der Waals surface area contributed by atoms with Gasteiger partial charge in [-0.1, -0.05) is 0 Å². The number of aryl methyl sites for hydroxylation is 1. The number of nitrogens with one attached hydrogen (secondary N) is 1. The summed E-state index contributed by atoms with van der Waals surface area (Å²) in [7, 11) is 1.79. The highest BCUT2D eigenvalue weighted by molar-refractivity contribution is 5.44. The van der Waals surface area contributed by atoms with Crippen molar-refractivity contribution in [3.8, 4) is 0 Å². The maximum absolute atomic E-state index is 5.60. The van der Waals surface area contributed by atoms with Gasteiger partial charge in [-0.15, -0.1) is 0 Å². The molecule has 5 heteroatoms. The Bertz CT molecular complexity index is 551. The number of hydrogen-bond acceptors (Lipinski definition) is 4. The summed E-state index contributed by atoms with van der Waals surface area (Å²) in [5.74, 6) is 0.435. The zero-order valence-electron chi connectivity index (χ0n) is 10.8. The van der Waals surface area contributed by atoms with Crippen molar-refractivity contribution in [1.82, 2.24) is 19.9 Å². The highest BCUT2D eigenvalue weighted by Gasteiger charge is 2.27. The third-order valence-electron chi connectivity index (χ3n) is 3.79. The quantitative estimate of drug-likeness (QED) is 0.863. The number of piperidine rings is 1. The highest BCUT2D eigenvalue weighted by Crippen LogP contribution is 2.29. The van der Waals surface area contributed by atoms with Crippen molar-refractivity contribution in [3.05, 3.63) is 29.7 Å². The fourth-order valence-electron chi connectivity index (χ4n) is 2.79. The molecule has 0 unspecified atom stereocenters. The number of hydrogen-bond donors (Lipinski definition) is 1. The van der Waals surface area contributed by atoms with Crippen LogP contribution in [0.3, 0.4) is 0 Å². The van der Waals surface area contributed by atoms with Gasteiger partial charge in [-0.05, 0) is 37.1 Å². The predicted octanol–water partition coefficient (Wildman–Crippen LogP) is 1.13. The summed E-state index contributed by atoms with van der Waals surface area (Å²) in [5.41, 5.74) is 3.49. The van der Waals surface area contributed by atoms with Crippen molar-refractivity contribution in [1.29, 1.82) is 0 Å². The molecule has 0 aliphatic carbocycles. The van der Waals surface area contributed by atoms with Crippen LogP contribution < -0.4 is 5.32 Å². The van der Waals surface area contributed by atoms with Crippen molar-refractivity contribution in [2.75, 3.05) is 20.2 Å². The molecule has 3 heterocycles. The third-order valence-corrected chi connectivity index (χ3v) is 3.79. The van der Waals surface area contributed by atoms with E-state index in [0.717, 1.165) is 25.2 Å². The van der Waals surface area contributed by atoms with Gasteiger partial charge in [0.2, 0.25) is 0 Å². The molecule has 1 fully saturated rings. The lowest BCUT2D eigenvalue weighted by atomic mass is 9.86. The van der Waals surface area contributed by atoms with Gasteiger partial charge in [0.25, 0.3) is 0 Å². The van der Waals surface area contributed by atoms with Gasteiger partial charge in [0, 0.05) is 25.8 Å². The van der Waals surface area contributed by atoms with E-state index in [4.69, 9.17) is 4.74 Å². The van der Waals surface area contributed by atoms with Crippen LogP contribution in [0.2, 0.25) is 0 Å². The van der Waals surface area contributed by atoms with Gasteiger partial charge < -0.3 is 10.1 Å². The monoisotopic (exact) mass is 246 g/mol. The van der Waals surface area contributed by atoms with Crippen LogP contribution >= 0.6 is 0 Å². The smallest absolute Gasteiger partial charge is 0.155 e. The molecule has 1 aliphatic rings. The van der Waals surface area contributed by atoms with Crippen LogP contribution in [0, 0.1) is 6.92 Å². The molecule has 3 rings (SSSR count). The van der Waals surface area contributed by atoms with Crippen LogP contribution in [-0.2, 0) is 4.74 Å². The van der Waals surface area contributed by atoms with Gasteiger partial charge in [0.1, 0.15) is 6.33 Å². The Labute approximate surface area is 106 Å². The molecule has 0 radical (unpaired) electrons. The van der Waals surface area contributed by atoms with E-state index in [2.05, 4.69) is 34.6 Å². The van der Waals surface area contributed by atoms with Crippen LogP contribution in [0.1, 0.15) is 23.5 Å². The first-order valence-corrected chi connectivity index (χ1v) is 6.33. The summed E-state index contributed by atoms with van der Waals surface area (Å²) >= 11 is 0. The van der Waals surface area contributed by atoms with Gasteiger partial charge in [-0.2, -0.15) is 5.10 Å². The Morgan fingerprint density at radius 1 is 1.50 bits per heavy atom. The van der Waals surface area contributed by atoms with Crippen molar-refractivity contribution >= 4 is 5.65 Å². The van der Waals surface area contributed by atoms with E-state index >= 15 is 0 Å². The summed E-state index contributed by atoms with van der Waals surface area (Å²) in [6.45, 7) is 4.09. The van der Waals surface area contributed by atoms with Crippen molar-refractivity contribution in [3.63, 3.8) is 0 Å². The Balaban J connectivity index is 2.03. The van der Waals surface area contributed by atoms with E-state index in [9.17, 15) is 0 Å². The molecule has 2 aromatic rings. The van der Waals surface area contributed by atoms with Crippen molar-refractivity contribution in [2.45, 2.75) is 25.4 Å². The minimum Gasteiger partial charge on any atom is -0.379 e. The molecule has 0 saturated carbocycles. The van der Waals surface area contributed by atoms with Gasteiger partial charge in [0.05, 0.1) is 6.10 Å². The number of aromatic nitrogens is 3. The second-order valence-corrected chi connectivity index (χ2v) is 4.85. The van der Waals surface area contributed by atoms with Crippen LogP contribution in [0.5, 0.6) is 0 Å². The zero-order chi connectivity index (χ0) is 12.5. The number of ether oxygens (including phenoxy) is 1. The lowest BCUT2D eigenvalue weighted by Gasteiger charge is -2.32. The van der Waals surface area contributed by atoms with Crippen LogP contribution in [0.4, 0.5) is 0 Å². The maximum Gasteiger partial charge on any atom is 0.155 e. The standard InChI is InChI=1S/C13H18N4O/c1-9-5-13-15-8-16-17(13)7-11(9)10-3-4-14-6-12(10)18-2/h5,7-8,10,12,14H,3-4,6H2,1-2H3/t10-,12+/m0/s1. The number of methoxy groups -OCH3 is 1. The maximum atomic E-state index is 5.60. The first kappa shape index (κ1) is 11.6. The second kappa shape index (κ2) is 4.66. The lowest BCUT2D eigenvalue weighted by Crippen LogP contribution is -2.40. The van der Waals surface area contributed by atoms with Gasteiger partial charge >= 0.3 is 0 Å². The van der Waals surface area contributed by atoms with Crippen LogP contribution in [0.15, 0.2) is 18.6 Å². The summed E-state index contributed by atoms with van der Waals surface area (Å²) in [6.07, 6.45) is 5.02. The molecule has 2 aromatic heterocycles. The fraction of sp³-hybridized carbons (Fsp3) is 0.538. The molecule has 96 valence electrons. The highest BCUT2D eigenvalue weighted by atomic mass is 16.5. The average molecular weight is 246 g/mol. The molecule has 18 heavy (non-hydrogen) atoms. The molecular formula is C13H18N4O. The Morgan fingerprint density at radius 2 is 2.39 bits per heavy atom. The summed E-state index contributed by atoms with van der Waals surface area (Å²) in [5, 5.41) is 7.59. The third kappa shape index (κ3) is 1.89. The van der Waals surface area contributed by atoms with E-state index in [-0.39, 0.29) is 6.10 Å². The summed E-state index contributed by atoms with van der Waals surface area (Å²) in [4.78, 5) is 4.21. The molecule has 0 amide bonds. The molecule has 1 N–H and O–H groups in total. The topological polar surface area (TPSA) is 51.5 Å². The Hall–Kier alpha value is -1.46. The Morgan fingerprint density at radius 3 is 3.22 bits per heavy atom. The molecule has 1 saturated heterocycles. The van der Waals surface area contributed by atoms with Gasteiger partial charge in [0.15, 0.2) is 5.65 Å². The SMILES string of the molecule is CO[C@@H]1CNCC[C@H]1c1cn2ncnc2cc1C. The second-order valence-electron chi connectivity index (χ2n) is 4.85. The number of pyridine rings is 1. The molecule has 2 atom stereocenters. The number of nitrogens with zero attached hydrogens (tertiary/aromatic N) is 3. The van der Waals surface area contributed by atoms with Crippen LogP contribution in [-0.4, -0.2) is 40.9 Å². The van der Waals surface area contributed by atoms with Crippen molar-refractivity contribution in [2.24, 2.45) is 0 Å². The molecule has 5 nitrogen and oxygen atoms in total.